The first kappa shape index (κ1) is 16.5. The van der Waals surface area contributed by atoms with E-state index in [9.17, 15) is 4.79 Å². The molecule has 8 heteroatoms. The van der Waals surface area contributed by atoms with Crippen molar-refractivity contribution >= 4 is 5.91 Å². The van der Waals surface area contributed by atoms with Gasteiger partial charge in [-0.25, -0.2) is 0 Å². The van der Waals surface area contributed by atoms with E-state index in [1.54, 1.807) is 6.20 Å². The molecule has 0 saturated carbocycles. The Morgan fingerprint density at radius 3 is 2.92 bits per heavy atom. The van der Waals surface area contributed by atoms with Gasteiger partial charge in [0.1, 0.15) is 17.7 Å². The normalized spacial score (nSPS) is 16.3. The first-order valence-corrected chi connectivity index (χ1v) is 8.64. The highest BCUT2D eigenvalue weighted by Crippen LogP contribution is 2.12. The lowest BCUT2D eigenvalue weighted by atomic mass is 10.1. The Labute approximate surface area is 151 Å². The number of carbonyl (C=O) groups is 1. The van der Waals surface area contributed by atoms with Gasteiger partial charge in [-0.15, -0.1) is 10.2 Å². The van der Waals surface area contributed by atoms with Crippen LogP contribution in [0.3, 0.4) is 0 Å². The van der Waals surface area contributed by atoms with E-state index in [1.165, 1.54) is 0 Å². The molecular formula is C18H21N7O. The van der Waals surface area contributed by atoms with Crippen LogP contribution in [0.25, 0.3) is 0 Å². The lowest BCUT2D eigenvalue weighted by Crippen LogP contribution is -2.49. The maximum atomic E-state index is 12.6. The van der Waals surface area contributed by atoms with Crippen molar-refractivity contribution in [2.45, 2.75) is 39.1 Å². The summed E-state index contributed by atoms with van der Waals surface area (Å²) in [6.45, 7) is 4.18. The van der Waals surface area contributed by atoms with Gasteiger partial charge < -0.3 is 9.88 Å². The number of amides is 1. The first-order valence-electron chi connectivity index (χ1n) is 8.64. The molecule has 8 nitrogen and oxygen atoms in total. The topological polar surface area (TPSA) is 89.7 Å². The third kappa shape index (κ3) is 3.36. The van der Waals surface area contributed by atoms with Gasteiger partial charge in [0.2, 0.25) is 5.91 Å². The lowest BCUT2D eigenvalue weighted by Gasteiger charge is -2.24. The SMILES string of the molecule is Cc1nnc2n1CC(C(=O)NCc1ccccc1Cn1cccn1)NC2. The van der Waals surface area contributed by atoms with Gasteiger partial charge in [0, 0.05) is 25.5 Å². The largest absolute Gasteiger partial charge is 0.351 e. The maximum Gasteiger partial charge on any atom is 0.239 e. The van der Waals surface area contributed by atoms with E-state index in [2.05, 4.69) is 32.0 Å². The molecule has 4 rings (SSSR count). The summed E-state index contributed by atoms with van der Waals surface area (Å²) >= 11 is 0. The van der Waals surface area contributed by atoms with Gasteiger partial charge in [-0.05, 0) is 24.1 Å². The number of carbonyl (C=O) groups excluding carboxylic acids is 1. The Kier molecular flexibility index (Phi) is 4.49. The van der Waals surface area contributed by atoms with Gasteiger partial charge in [-0.2, -0.15) is 5.10 Å². The summed E-state index contributed by atoms with van der Waals surface area (Å²) in [5, 5.41) is 18.7. The summed E-state index contributed by atoms with van der Waals surface area (Å²) < 4.78 is 3.87. The van der Waals surface area contributed by atoms with E-state index in [4.69, 9.17) is 0 Å². The fourth-order valence-corrected chi connectivity index (χ4v) is 3.19. The van der Waals surface area contributed by atoms with E-state index in [0.29, 0.717) is 26.2 Å². The molecule has 0 radical (unpaired) electrons. The standard InChI is InChI=1S/C18H21N7O/c1-13-22-23-17-10-19-16(12-25(13)17)18(26)20-9-14-5-2-3-6-15(14)11-24-8-4-7-21-24/h2-8,16,19H,9-12H2,1H3,(H,20,26). The molecule has 1 atom stereocenters. The predicted molar refractivity (Wildman–Crippen MR) is 95.0 cm³/mol. The number of aryl methyl sites for hydroxylation is 1. The summed E-state index contributed by atoms with van der Waals surface area (Å²) in [7, 11) is 0. The number of rotatable bonds is 5. The molecule has 2 aromatic heterocycles. The second-order valence-corrected chi connectivity index (χ2v) is 6.40. The number of aromatic nitrogens is 5. The van der Waals surface area contributed by atoms with Gasteiger partial charge in [0.25, 0.3) is 0 Å². The molecule has 0 aliphatic carbocycles. The van der Waals surface area contributed by atoms with Gasteiger partial charge in [0.15, 0.2) is 0 Å². The Morgan fingerprint density at radius 1 is 1.27 bits per heavy atom. The summed E-state index contributed by atoms with van der Waals surface area (Å²) in [4.78, 5) is 12.6. The van der Waals surface area contributed by atoms with Gasteiger partial charge in [-0.3, -0.25) is 14.8 Å². The molecule has 0 spiro atoms. The number of nitrogens with one attached hydrogen (secondary N) is 2. The summed E-state index contributed by atoms with van der Waals surface area (Å²) in [5.41, 5.74) is 2.23. The fraction of sp³-hybridized carbons (Fsp3) is 0.333. The van der Waals surface area contributed by atoms with Gasteiger partial charge >= 0.3 is 0 Å². The highest BCUT2D eigenvalue weighted by atomic mass is 16.2. The van der Waals surface area contributed by atoms with Crippen LogP contribution in [0.15, 0.2) is 42.7 Å². The molecule has 26 heavy (non-hydrogen) atoms. The zero-order valence-corrected chi connectivity index (χ0v) is 14.6. The molecule has 134 valence electrons. The average Bonchev–Trinajstić information content (AvgIpc) is 3.30. The molecule has 2 N–H and O–H groups in total. The van der Waals surface area contributed by atoms with E-state index >= 15 is 0 Å². The van der Waals surface area contributed by atoms with Crippen LogP contribution in [0.4, 0.5) is 0 Å². The number of fused-ring (bicyclic) bond motifs is 1. The number of nitrogens with zero attached hydrogens (tertiary/aromatic N) is 5. The molecular weight excluding hydrogens is 330 g/mol. The molecule has 0 fully saturated rings. The van der Waals surface area contributed by atoms with Crippen molar-refractivity contribution in [3.05, 3.63) is 65.5 Å². The minimum Gasteiger partial charge on any atom is -0.351 e. The van der Waals surface area contributed by atoms with Gasteiger partial charge in [-0.1, -0.05) is 24.3 Å². The second kappa shape index (κ2) is 7.09. The molecule has 1 unspecified atom stereocenters. The Morgan fingerprint density at radius 2 is 2.12 bits per heavy atom. The van der Waals surface area contributed by atoms with Crippen LogP contribution in [0.2, 0.25) is 0 Å². The molecule has 3 aromatic rings. The molecule has 0 bridgehead atoms. The van der Waals surface area contributed by atoms with Crippen LogP contribution < -0.4 is 10.6 Å². The van der Waals surface area contributed by atoms with Crippen LogP contribution in [0.5, 0.6) is 0 Å². The van der Waals surface area contributed by atoms with Crippen LogP contribution in [0, 0.1) is 6.92 Å². The molecule has 1 amide bonds. The maximum absolute atomic E-state index is 12.6. The molecule has 3 heterocycles. The average molecular weight is 351 g/mol. The Hall–Kier alpha value is -3.00. The summed E-state index contributed by atoms with van der Waals surface area (Å²) in [5.74, 6) is 1.69. The van der Waals surface area contributed by atoms with Crippen LogP contribution >= 0.6 is 0 Å². The quantitative estimate of drug-likeness (QED) is 0.703. The molecule has 1 aliphatic rings. The van der Waals surface area contributed by atoms with Crippen LogP contribution in [-0.4, -0.2) is 36.5 Å². The summed E-state index contributed by atoms with van der Waals surface area (Å²) in [6, 6.07) is 9.71. The third-order valence-corrected chi connectivity index (χ3v) is 4.66. The Bertz CT molecular complexity index is 900. The highest BCUT2D eigenvalue weighted by molar-refractivity contribution is 5.81. The highest BCUT2D eigenvalue weighted by Gasteiger charge is 2.26. The minimum absolute atomic E-state index is 0.0161. The van der Waals surface area contributed by atoms with Crippen molar-refractivity contribution in [3.63, 3.8) is 0 Å². The van der Waals surface area contributed by atoms with Crippen molar-refractivity contribution in [3.8, 4) is 0 Å². The second-order valence-electron chi connectivity index (χ2n) is 6.40. The monoisotopic (exact) mass is 351 g/mol. The van der Waals surface area contributed by atoms with E-state index in [-0.39, 0.29) is 11.9 Å². The van der Waals surface area contributed by atoms with Crippen LogP contribution in [-0.2, 0) is 31.0 Å². The number of benzene rings is 1. The number of hydrogen-bond acceptors (Lipinski definition) is 5. The van der Waals surface area contributed by atoms with Gasteiger partial charge in [0.05, 0.1) is 13.1 Å². The van der Waals surface area contributed by atoms with Crippen molar-refractivity contribution in [2.24, 2.45) is 0 Å². The summed E-state index contributed by atoms with van der Waals surface area (Å²) in [6.07, 6.45) is 3.70. The fourth-order valence-electron chi connectivity index (χ4n) is 3.19. The molecule has 1 aromatic carbocycles. The molecule has 1 aliphatic heterocycles. The zero-order valence-electron chi connectivity index (χ0n) is 14.6. The molecule has 0 saturated heterocycles. The zero-order chi connectivity index (χ0) is 17.9. The third-order valence-electron chi connectivity index (χ3n) is 4.66. The van der Waals surface area contributed by atoms with Crippen molar-refractivity contribution in [1.29, 1.82) is 0 Å². The van der Waals surface area contributed by atoms with Crippen molar-refractivity contribution in [1.82, 2.24) is 35.2 Å². The van der Waals surface area contributed by atoms with Crippen molar-refractivity contribution in [2.75, 3.05) is 0 Å². The lowest BCUT2D eigenvalue weighted by molar-refractivity contribution is -0.124. The predicted octanol–water partition coefficient (Wildman–Crippen LogP) is 0.620. The smallest absolute Gasteiger partial charge is 0.239 e. The van der Waals surface area contributed by atoms with E-state index in [1.807, 2.05) is 46.6 Å². The first-order chi connectivity index (χ1) is 12.7. The number of hydrogen-bond donors (Lipinski definition) is 2. The Balaban J connectivity index is 1.40. The van der Waals surface area contributed by atoms with E-state index < -0.39 is 0 Å². The van der Waals surface area contributed by atoms with E-state index in [0.717, 1.165) is 22.8 Å². The minimum atomic E-state index is -0.282. The van der Waals surface area contributed by atoms with Crippen molar-refractivity contribution < 1.29 is 4.79 Å². The van der Waals surface area contributed by atoms with Crippen LogP contribution in [0.1, 0.15) is 22.8 Å².